The Hall–Kier alpha value is -2.28. The van der Waals surface area contributed by atoms with E-state index < -0.39 is 0 Å². The van der Waals surface area contributed by atoms with Gasteiger partial charge in [-0.2, -0.15) is 0 Å². The fourth-order valence-electron chi connectivity index (χ4n) is 2.39. The van der Waals surface area contributed by atoms with Gasteiger partial charge in [0, 0.05) is 17.9 Å². The van der Waals surface area contributed by atoms with E-state index in [4.69, 9.17) is 4.74 Å². The van der Waals surface area contributed by atoms with Gasteiger partial charge in [0.1, 0.15) is 0 Å². The lowest BCUT2D eigenvalue weighted by Crippen LogP contribution is -2.24. The van der Waals surface area contributed by atoms with Crippen LogP contribution in [0.1, 0.15) is 23.7 Å². The van der Waals surface area contributed by atoms with Crippen LogP contribution in [-0.2, 0) is 9.53 Å². The number of esters is 1. The maximum absolute atomic E-state index is 12.2. The van der Waals surface area contributed by atoms with Crippen molar-refractivity contribution in [2.75, 3.05) is 25.0 Å². The lowest BCUT2D eigenvalue weighted by Gasteiger charge is -2.16. The number of nitrogens with zero attached hydrogens (tertiary/aromatic N) is 2. The fraction of sp³-hybridized carbons (Fsp3) is 0.312. The summed E-state index contributed by atoms with van der Waals surface area (Å²) >= 11 is 1.56. The van der Waals surface area contributed by atoms with Crippen LogP contribution in [0.2, 0.25) is 0 Å². The average molecular weight is 331 g/mol. The van der Waals surface area contributed by atoms with Crippen LogP contribution in [0.5, 0.6) is 0 Å². The molecule has 1 aromatic carbocycles. The topological polar surface area (TPSA) is 71.0 Å². The van der Waals surface area contributed by atoms with Crippen molar-refractivity contribution in [2.24, 2.45) is 4.99 Å². The summed E-state index contributed by atoms with van der Waals surface area (Å²) in [6.45, 7) is 3.73. The minimum Gasteiger partial charge on any atom is -0.462 e. The highest BCUT2D eigenvalue weighted by atomic mass is 32.2. The number of anilines is 1. The molecule has 120 valence electrons. The number of ether oxygens (including phenoxy) is 1. The van der Waals surface area contributed by atoms with Crippen LogP contribution in [0.25, 0.3) is 0 Å². The van der Waals surface area contributed by atoms with Crippen molar-refractivity contribution >= 4 is 34.5 Å². The molecule has 1 aromatic rings. The van der Waals surface area contributed by atoms with Gasteiger partial charge in [-0.3, -0.25) is 9.79 Å². The van der Waals surface area contributed by atoms with Crippen molar-refractivity contribution in [2.45, 2.75) is 13.3 Å². The Kier molecular flexibility index (Phi) is 4.66. The SMILES string of the molecule is CCOC(=O)c1ccc(NC(=O)CC2=CSC3=NCCN23)cc1. The number of carbonyl (C=O) groups excluding carboxylic acids is 2. The van der Waals surface area contributed by atoms with Gasteiger partial charge in [0.15, 0.2) is 5.17 Å². The summed E-state index contributed by atoms with van der Waals surface area (Å²) in [5.74, 6) is -0.451. The van der Waals surface area contributed by atoms with Crippen LogP contribution in [-0.4, -0.2) is 41.6 Å². The number of fused-ring (bicyclic) bond motifs is 1. The quantitative estimate of drug-likeness (QED) is 0.839. The van der Waals surface area contributed by atoms with Crippen molar-refractivity contribution < 1.29 is 14.3 Å². The monoisotopic (exact) mass is 331 g/mol. The first-order chi connectivity index (χ1) is 11.2. The number of carbonyl (C=O) groups is 2. The molecule has 2 aliphatic rings. The first kappa shape index (κ1) is 15.6. The highest BCUT2D eigenvalue weighted by Gasteiger charge is 2.27. The Morgan fingerprint density at radius 2 is 2.13 bits per heavy atom. The molecule has 23 heavy (non-hydrogen) atoms. The van der Waals surface area contributed by atoms with Crippen LogP contribution in [0.15, 0.2) is 40.4 Å². The molecule has 3 rings (SSSR count). The summed E-state index contributed by atoms with van der Waals surface area (Å²) < 4.78 is 4.92. The standard InChI is InChI=1S/C16H17N3O3S/c1-2-22-15(21)11-3-5-12(6-4-11)18-14(20)9-13-10-23-16-17-7-8-19(13)16/h3-6,10H,2,7-9H2,1H3,(H,18,20). The maximum Gasteiger partial charge on any atom is 0.338 e. The smallest absolute Gasteiger partial charge is 0.338 e. The van der Waals surface area contributed by atoms with Crippen LogP contribution < -0.4 is 5.32 Å². The number of hydrogen-bond acceptors (Lipinski definition) is 6. The van der Waals surface area contributed by atoms with Gasteiger partial charge in [-0.1, -0.05) is 11.8 Å². The Labute approximate surface area is 138 Å². The third-order valence-corrected chi connectivity index (χ3v) is 4.42. The second-order valence-corrected chi connectivity index (χ2v) is 5.90. The summed E-state index contributed by atoms with van der Waals surface area (Å²) in [6, 6.07) is 6.68. The molecule has 2 heterocycles. The van der Waals surface area contributed by atoms with Crippen molar-refractivity contribution in [3.63, 3.8) is 0 Å². The van der Waals surface area contributed by atoms with Gasteiger partial charge in [0.25, 0.3) is 0 Å². The van der Waals surface area contributed by atoms with Crippen LogP contribution in [0.3, 0.4) is 0 Å². The van der Waals surface area contributed by atoms with Crippen LogP contribution >= 0.6 is 11.8 Å². The molecule has 0 saturated heterocycles. The van der Waals surface area contributed by atoms with Gasteiger partial charge < -0.3 is 15.0 Å². The predicted molar refractivity (Wildman–Crippen MR) is 90.3 cm³/mol. The second-order valence-electron chi connectivity index (χ2n) is 5.07. The number of thioether (sulfide) groups is 1. The zero-order valence-corrected chi connectivity index (χ0v) is 13.6. The molecule has 0 atom stereocenters. The van der Waals surface area contributed by atoms with E-state index in [9.17, 15) is 9.59 Å². The van der Waals surface area contributed by atoms with Gasteiger partial charge in [-0.25, -0.2) is 4.79 Å². The normalized spacial score (nSPS) is 15.8. The maximum atomic E-state index is 12.2. The number of rotatable bonds is 5. The van der Waals surface area contributed by atoms with E-state index in [-0.39, 0.29) is 11.9 Å². The number of amidine groups is 1. The first-order valence-electron chi connectivity index (χ1n) is 7.42. The Morgan fingerprint density at radius 3 is 2.87 bits per heavy atom. The molecule has 2 aliphatic heterocycles. The van der Waals surface area contributed by atoms with Crippen molar-refractivity contribution in [1.29, 1.82) is 0 Å². The Morgan fingerprint density at radius 1 is 1.35 bits per heavy atom. The number of aliphatic imine (C=N–C) groups is 1. The second kappa shape index (κ2) is 6.87. The van der Waals surface area contributed by atoms with Gasteiger partial charge in [0.2, 0.25) is 5.91 Å². The molecule has 0 saturated carbocycles. The molecule has 0 radical (unpaired) electrons. The summed E-state index contributed by atoms with van der Waals surface area (Å²) in [5.41, 5.74) is 2.11. The average Bonchev–Trinajstić information content (AvgIpc) is 3.13. The predicted octanol–water partition coefficient (Wildman–Crippen LogP) is 2.45. The Balaban J connectivity index is 1.56. The van der Waals surface area contributed by atoms with Crippen molar-refractivity contribution in [1.82, 2.24) is 4.90 Å². The minimum absolute atomic E-state index is 0.0890. The van der Waals surface area contributed by atoms with Gasteiger partial charge in [0.05, 0.1) is 25.1 Å². The third-order valence-electron chi connectivity index (χ3n) is 3.47. The molecule has 0 bridgehead atoms. The van der Waals surface area contributed by atoms with E-state index >= 15 is 0 Å². The molecule has 6 nitrogen and oxygen atoms in total. The van der Waals surface area contributed by atoms with E-state index in [1.165, 1.54) is 0 Å². The molecular formula is C16H17N3O3S. The summed E-state index contributed by atoms with van der Waals surface area (Å²) in [7, 11) is 0. The van der Waals surface area contributed by atoms with Crippen LogP contribution in [0, 0.1) is 0 Å². The number of benzene rings is 1. The van der Waals surface area contributed by atoms with Crippen LogP contribution in [0.4, 0.5) is 5.69 Å². The summed E-state index contributed by atoms with van der Waals surface area (Å²) in [5, 5.41) is 5.79. The highest BCUT2D eigenvalue weighted by Crippen LogP contribution is 2.30. The highest BCUT2D eigenvalue weighted by molar-refractivity contribution is 8.16. The van der Waals surface area contributed by atoms with E-state index in [1.54, 1.807) is 43.0 Å². The first-order valence-corrected chi connectivity index (χ1v) is 8.30. The molecule has 0 unspecified atom stereocenters. The number of amides is 1. The molecule has 0 fully saturated rings. The zero-order chi connectivity index (χ0) is 16.2. The number of nitrogens with one attached hydrogen (secondary N) is 1. The van der Waals surface area contributed by atoms with E-state index in [0.29, 0.717) is 24.3 Å². The van der Waals surface area contributed by atoms with E-state index in [0.717, 1.165) is 24.0 Å². The molecule has 1 N–H and O–H groups in total. The van der Waals surface area contributed by atoms with Gasteiger partial charge in [-0.05, 0) is 36.6 Å². The Bertz CT molecular complexity index is 682. The molecule has 0 aliphatic carbocycles. The molecule has 0 spiro atoms. The van der Waals surface area contributed by atoms with E-state index in [1.807, 2.05) is 5.41 Å². The van der Waals surface area contributed by atoms with E-state index in [2.05, 4.69) is 15.2 Å². The third kappa shape index (κ3) is 3.56. The largest absolute Gasteiger partial charge is 0.462 e. The molecule has 7 heteroatoms. The minimum atomic E-state index is -0.362. The fourth-order valence-corrected chi connectivity index (χ4v) is 3.34. The lowest BCUT2D eigenvalue weighted by atomic mass is 10.2. The van der Waals surface area contributed by atoms with Crippen molar-refractivity contribution in [3.05, 3.63) is 40.9 Å². The molecule has 1 amide bonds. The van der Waals surface area contributed by atoms with Gasteiger partial charge >= 0.3 is 5.97 Å². The zero-order valence-electron chi connectivity index (χ0n) is 12.7. The summed E-state index contributed by atoms with van der Waals surface area (Å²) in [4.78, 5) is 30.2. The van der Waals surface area contributed by atoms with Gasteiger partial charge in [-0.15, -0.1) is 0 Å². The van der Waals surface area contributed by atoms with Crippen molar-refractivity contribution in [3.8, 4) is 0 Å². The molecule has 0 aromatic heterocycles. The number of hydrogen-bond donors (Lipinski definition) is 1. The lowest BCUT2D eigenvalue weighted by molar-refractivity contribution is -0.115. The summed E-state index contributed by atoms with van der Waals surface area (Å²) in [6.07, 6.45) is 0.311. The molecular weight excluding hydrogens is 314 g/mol.